The highest BCUT2D eigenvalue weighted by atomic mass is 19.1. The lowest BCUT2D eigenvalue weighted by molar-refractivity contribution is 0.0777. The topological polar surface area (TPSA) is 80.3 Å². The molecule has 0 radical (unpaired) electrons. The molecule has 2 aliphatic heterocycles. The molecule has 4 aromatic rings. The van der Waals surface area contributed by atoms with Crippen LogP contribution in [0, 0.1) is 24.6 Å². The number of furan rings is 1. The third-order valence-corrected chi connectivity index (χ3v) is 6.47. The van der Waals surface area contributed by atoms with E-state index in [9.17, 15) is 9.18 Å². The van der Waals surface area contributed by atoms with Crippen molar-refractivity contribution in [3.8, 4) is 5.69 Å². The molecule has 3 aromatic heterocycles. The van der Waals surface area contributed by atoms with Crippen LogP contribution >= 0.6 is 0 Å². The van der Waals surface area contributed by atoms with E-state index < -0.39 is 5.82 Å². The first-order valence-corrected chi connectivity index (χ1v) is 10.6. The second-order valence-electron chi connectivity index (χ2n) is 8.46. The number of carbonyl (C=O) groups is 1. The van der Waals surface area contributed by atoms with Gasteiger partial charge in [-0.05, 0) is 25.1 Å². The standard InChI is InChI=1S/C23H21FN6O2/c1-14-21-18(6-9-32-21)27-23(26-14)29-12-15-10-28(11-16(15)13-29)22(31)20-17(24)4-2-5-19(20)30-8-3-7-25-30/h2-9,15-16H,10-13H2,1H3/t15-,16+. The van der Waals surface area contributed by atoms with E-state index in [1.807, 2.05) is 13.0 Å². The normalized spacial score (nSPS) is 20.3. The number of carbonyl (C=O) groups excluding carboxylic acids is 1. The highest BCUT2D eigenvalue weighted by Gasteiger charge is 2.43. The molecule has 2 saturated heterocycles. The minimum absolute atomic E-state index is 0.0670. The zero-order valence-electron chi connectivity index (χ0n) is 17.5. The number of halogens is 1. The maximum atomic E-state index is 14.7. The summed E-state index contributed by atoms with van der Waals surface area (Å²) < 4.78 is 21.7. The van der Waals surface area contributed by atoms with E-state index in [2.05, 4.69) is 20.0 Å². The average Bonchev–Trinajstić information content (AvgIpc) is 3.56. The first kappa shape index (κ1) is 19.0. The number of fused-ring (bicyclic) bond motifs is 2. The molecule has 2 aliphatic rings. The van der Waals surface area contributed by atoms with E-state index in [-0.39, 0.29) is 11.5 Å². The lowest BCUT2D eigenvalue weighted by atomic mass is 10.0. The van der Waals surface area contributed by atoms with Gasteiger partial charge in [0.1, 0.15) is 16.9 Å². The number of hydrogen-bond donors (Lipinski definition) is 0. The summed E-state index contributed by atoms with van der Waals surface area (Å²) in [4.78, 5) is 26.5. The third-order valence-electron chi connectivity index (χ3n) is 6.47. The predicted octanol–water partition coefficient (Wildman–Crippen LogP) is 3.06. The van der Waals surface area contributed by atoms with Crippen molar-refractivity contribution < 1.29 is 13.6 Å². The molecular weight excluding hydrogens is 411 g/mol. The number of anilines is 1. The molecule has 32 heavy (non-hydrogen) atoms. The summed E-state index contributed by atoms with van der Waals surface area (Å²) in [6, 6.07) is 8.23. The van der Waals surface area contributed by atoms with E-state index in [4.69, 9.17) is 4.42 Å². The summed E-state index contributed by atoms with van der Waals surface area (Å²) in [5, 5.41) is 4.17. The second kappa shape index (κ2) is 7.15. The van der Waals surface area contributed by atoms with Gasteiger partial charge in [-0.3, -0.25) is 4.79 Å². The quantitative estimate of drug-likeness (QED) is 0.495. The molecule has 0 saturated carbocycles. The predicted molar refractivity (Wildman–Crippen MR) is 115 cm³/mol. The van der Waals surface area contributed by atoms with Gasteiger partial charge >= 0.3 is 0 Å². The Labute approximate surface area is 183 Å². The zero-order chi connectivity index (χ0) is 21.8. The molecule has 0 N–H and O–H groups in total. The van der Waals surface area contributed by atoms with E-state index in [1.165, 1.54) is 10.7 Å². The highest BCUT2D eigenvalue weighted by Crippen LogP contribution is 2.35. The first-order valence-electron chi connectivity index (χ1n) is 10.6. The largest absolute Gasteiger partial charge is 0.461 e. The van der Waals surface area contributed by atoms with E-state index >= 15 is 0 Å². The summed E-state index contributed by atoms with van der Waals surface area (Å²) >= 11 is 0. The van der Waals surface area contributed by atoms with Crippen LogP contribution in [0.1, 0.15) is 16.1 Å². The number of likely N-dealkylation sites (tertiary alicyclic amines) is 1. The van der Waals surface area contributed by atoms with Gasteiger partial charge in [0, 0.05) is 56.5 Å². The SMILES string of the molecule is Cc1nc(N2C[C@H]3CN(C(=O)c4c(F)cccc4-n4cccn4)C[C@H]3C2)nc2ccoc12. The summed E-state index contributed by atoms with van der Waals surface area (Å²) in [7, 11) is 0. The van der Waals surface area contributed by atoms with Gasteiger partial charge in [-0.1, -0.05) is 6.07 Å². The van der Waals surface area contributed by atoms with Crippen molar-refractivity contribution >= 4 is 23.0 Å². The molecule has 0 aliphatic carbocycles. The van der Waals surface area contributed by atoms with Gasteiger partial charge < -0.3 is 14.2 Å². The molecule has 2 atom stereocenters. The first-order chi connectivity index (χ1) is 15.6. The molecule has 8 nitrogen and oxygen atoms in total. The Morgan fingerprint density at radius 2 is 1.91 bits per heavy atom. The molecule has 0 spiro atoms. The maximum absolute atomic E-state index is 14.7. The van der Waals surface area contributed by atoms with E-state index in [0.717, 1.165) is 24.3 Å². The monoisotopic (exact) mass is 432 g/mol. The molecule has 6 rings (SSSR count). The van der Waals surface area contributed by atoms with Crippen LogP contribution in [-0.4, -0.2) is 56.7 Å². The van der Waals surface area contributed by atoms with Gasteiger partial charge in [-0.2, -0.15) is 5.10 Å². The minimum atomic E-state index is -0.529. The van der Waals surface area contributed by atoms with Crippen LogP contribution in [0.5, 0.6) is 0 Å². The molecule has 5 heterocycles. The fourth-order valence-electron chi connectivity index (χ4n) is 4.94. The Morgan fingerprint density at radius 1 is 1.09 bits per heavy atom. The molecule has 0 bridgehead atoms. The highest BCUT2D eigenvalue weighted by molar-refractivity contribution is 5.98. The average molecular weight is 432 g/mol. The van der Waals surface area contributed by atoms with Crippen molar-refractivity contribution in [2.45, 2.75) is 6.92 Å². The molecule has 1 amide bonds. The maximum Gasteiger partial charge on any atom is 0.259 e. The van der Waals surface area contributed by atoms with Crippen molar-refractivity contribution in [3.63, 3.8) is 0 Å². The Bertz CT molecular complexity index is 1300. The Kier molecular flexibility index (Phi) is 4.24. The fourth-order valence-corrected chi connectivity index (χ4v) is 4.94. The van der Waals surface area contributed by atoms with Crippen molar-refractivity contribution in [2.24, 2.45) is 11.8 Å². The Hall–Kier alpha value is -3.75. The molecule has 1 aromatic carbocycles. The van der Waals surface area contributed by atoms with Crippen molar-refractivity contribution in [3.05, 3.63) is 66.1 Å². The van der Waals surface area contributed by atoms with Gasteiger partial charge in [0.25, 0.3) is 5.91 Å². The fraction of sp³-hybridized carbons (Fsp3) is 0.304. The summed E-state index contributed by atoms with van der Waals surface area (Å²) in [6.45, 7) is 4.61. The van der Waals surface area contributed by atoms with Crippen LogP contribution in [0.2, 0.25) is 0 Å². The van der Waals surface area contributed by atoms with Crippen molar-refractivity contribution in [1.82, 2.24) is 24.6 Å². The number of rotatable bonds is 3. The zero-order valence-corrected chi connectivity index (χ0v) is 17.5. The Morgan fingerprint density at radius 3 is 2.66 bits per heavy atom. The van der Waals surface area contributed by atoms with E-state index in [1.54, 1.807) is 41.8 Å². The minimum Gasteiger partial charge on any atom is -0.461 e. The van der Waals surface area contributed by atoms with Crippen molar-refractivity contribution in [2.75, 3.05) is 31.1 Å². The van der Waals surface area contributed by atoms with Gasteiger partial charge in [0.2, 0.25) is 5.95 Å². The van der Waals surface area contributed by atoms with Crippen molar-refractivity contribution in [1.29, 1.82) is 0 Å². The number of benzene rings is 1. The number of aryl methyl sites for hydroxylation is 1. The van der Waals surface area contributed by atoms with Crippen LogP contribution < -0.4 is 4.90 Å². The van der Waals surface area contributed by atoms with Gasteiger partial charge in [-0.25, -0.2) is 19.0 Å². The molecule has 2 fully saturated rings. The molecule has 162 valence electrons. The third kappa shape index (κ3) is 2.96. The van der Waals surface area contributed by atoms with Gasteiger partial charge in [-0.15, -0.1) is 0 Å². The van der Waals surface area contributed by atoms with Crippen LogP contribution in [0.25, 0.3) is 16.8 Å². The van der Waals surface area contributed by atoms with Crippen LogP contribution in [0.4, 0.5) is 10.3 Å². The van der Waals surface area contributed by atoms with Crippen LogP contribution in [0.3, 0.4) is 0 Å². The lowest BCUT2D eigenvalue weighted by Crippen LogP contribution is -2.34. The number of hydrogen-bond acceptors (Lipinski definition) is 6. The molecule has 0 unspecified atom stereocenters. The van der Waals surface area contributed by atoms with Crippen LogP contribution in [-0.2, 0) is 0 Å². The number of nitrogens with zero attached hydrogens (tertiary/aromatic N) is 6. The van der Waals surface area contributed by atoms with Gasteiger partial charge in [0.15, 0.2) is 5.58 Å². The van der Waals surface area contributed by atoms with Gasteiger partial charge in [0.05, 0.1) is 17.6 Å². The second-order valence-corrected chi connectivity index (χ2v) is 8.46. The summed E-state index contributed by atoms with van der Waals surface area (Å²) in [6.07, 6.45) is 4.94. The lowest BCUT2D eigenvalue weighted by Gasteiger charge is -2.23. The summed E-state index contributed by atoms with van der Waals surface area (Å²) in [5.74, 6) is 0.463. The number of aromatic nitrogens is 4. The van der Waals surface area contributed by atoms with Crippen LogP contribution in [0.15, 0.2) is 53.4 Å². The Balaban J connectivity index is 1.22. The number of amides is 1. The molecule has 9 heteroatoms. The molecular formula is C23H21FN6O2. The summed E-state index contributed by atoms with van der Waals surface area (Å²) in [5.41, 5.74) is 2.85. The van der Waals surface area contributed by atoms with E-state index in [0.29, 0.717) is 42.1 Å². The smallest absolute Gasteiger partial charge is 0.259 e.